The number of ether oxygens (including phenoxy) is 1. The first kappa shape index (κ1) is 21.1. The van der Waals surface area contributed by atoms with E-state index in [4.69, 9.17) is 4.74 Å². The van der Waals surface area contributed by atoms with E-state index in [-0.39, 0.29) is 5.97 Å². The van der Waals surface area contributed by atoms with E-state index in [1.54, 1.807) is 6.92 Å². The summed E-state index contributed by atoms with van der Waals surface area (Å²) < 4.78 is 5.51. The molecule has 0 radical (unpaired) electrons. The van der Waals surface area contributed by atoms with E-state index in [1.165, 1.54) is 6.04 Å². The average molecular weight is 361 g/mol. The van der Waals surface area contributed by atoms with Crippen LogP contribution in [0.4, 0.5) is 0 Å². The summed E-state index contributed by atoms with van der Waals surface area (Å²) >= 11 is 0. The van der Waals surface area contributed by atoms with Gasteiger partial charge in [-0.15, -0.1) is 0 Å². The summed E-state index contributed by atoms with van der Waals surface area (Å²) in [5, 5.41) is 0. The zero-order valence-corrected chi connectivity index (χ0v) is 19.9. The van der Waals surface area contributed by atoms with E-state index in [9.17, 15) is 4.79 Å². The van der Waals surface area contributed by atoms with E-state index >= 15 is 0 Å². The maximum Gasteiger partial charge on any atom is 0.333 e. The van der Waals surface area contributed by atoms with Gasteiger partial charge in [-0.2, -0.15) is 0 Å². The highest BCUT2D eigenvalue weighted by Gasteiger charge is 2.60. The van der Waals surface area contributed by atoms with Gasteiger partial charge in [-0.1, -0.05) is 65.5 Å². The van der Waals surface area contributed by atoms with Crippen LogP contribution < -0.4 is 0 Å². The number of carbonyl (C=O) groups is 1. The minimum Gasteiger partial charge on any atom is -0.463 e. The Labute approximate surface area is 135 Å². The summed E-state index contributed by atoms with van der Waals surface area (Å²) in [6.45, 7) is 27.7. The predicted molar refractivity (Wildman–Crippen MR) is 106 cm³/mol. The third kappa shape index (κ3) is 4.53. The van der Waals surface area contributed by atoms with E-state index in [2.05, 4.69) is 65.5 Å². The smallest absolute Gasteiger partial charge is 0.333 e. The van der Waals surface area contributed by atoms with E-state index in [0.29, 0.717) is 12.2 Å². The fraction of sp³-hybridized carbons (Fsp3) is 0.800. The average Bonchev–Trinajstić information content (AvgIpc) is 2.17. The molecular formula is C15H36O2Si4. The number of hydrogen-bond donors (Lipinski definition) is 0. The van der Waals surface area contributed by atoms with Crippen molar-refractivity contribution in [1.29, 1.82) is 0 Å². The summed E-state index contributed by atoms with van der Waals surface area (Å²) in [4.78, 5) is 11.7. The Bertz CT molecular complexity index is 361. The standard InChI is InChI=1S/C15H36O2Si4/c1-14(2)15(16)17-12-13-21(18(3,4)5,19(6,7)8)20(9,10)11/h1,12-13H2,2-11H3. The van der Waals surface area contributed by atoms with E-state index in [0.717, 1.165) is 0 Å². The molecule has 0 amide bonds. The van der Waals surface area contributed by atoms with Crippen molar-refractivity contribution in [3.05, 3.63) is 12.2 Å². The molecule has 0 spiro atoms. The van der Waals surface area contributed by atoms with Crippen molar-refractivity contribution in [3.63, 3.8) is 0 Å². The topological polar surface area (TPSA) is 26.3 Å². The van der Waals surface area contributed by atoms with Crippen molar-refractivity contribution in [1.82, 2.24) is 0 Å². The van der Waals surface area contributed by atoms with E-state index in [1.807, 2.05) is 0 Å². The lowest BCUT2D eigenvalue weighted by molar-refractivity contribution is -0.138. The lowest BCUT2D eigenvalue weighted by Crippen LogP contribution is -2.82. The third-order valence-electron chi connectivity index (χ3n) is 4.90. The molecule has 0 aromatic carbocycles. The van der Waals surface area contributed by atoms with E-state index < -0.39 is 29.4 Å². The summed E-state index contributed by atoms with van der Waals surface area (Å²) in [7, 11) is -3.78. The lowest BCUT2D eigenvalue weighted by Gasteiger charge is -2.57. The Morgan fingerprint density at radius 1 is 0.857 bits per heavy atom. The molecule has 0 rings (SSSR count). The molecule has 0 aliphatic heterocycles. The molecule has 0 bridgehead atoms. The van der Waals surface area contributed by atoms with Crippen molar-refractivity contribution in [2.75, 3.05) is 6.61 Å². The fourth-order valence-electron chi connectivity index (χ4n) is 4.92. The molecule has 0 aliphatic carbocycles. The van der Waals surface area contributed by atoms with Crippen LogP contribution in [0.5, 0.6) is 0 Å². The van der Waals surface area contributed by atoms with Crippen LogP contribution in [0.1, 0.15) is 6.92 Å². The van der Waals surface area contributed by atoms with Crippen LogP contribution in [0.2, 0.25) is 65.0 Å². The van der Waals surface area contributed by atoms with Gasteiger partial charge in [-0.05, 0) is 13.0 Å². The maximum atomic E-state index is 11.7. The lowest BCUT2D eigenvalue weighted by atomic mass is 10.4. The van der Waals surface area contributed by atoms with Crippen LogP contribution in [0.25, 0.3) is 0 Å². The van der Waals surface area contributed by atoms with Crippen molar-refractivity contribution < 1.29 is 9.53 Å². The van der Waals surface area contributed by atoms with Crippen LogP contribution in [0.15, 0.2) is 12.2 Å². The molecule has 0 N–H and O–H groups in total. The van der Waals surface area contributed by atoms with Crippen molar-refractivity contribution >= 4 is 35.4 Å². The maximum absolute atomic E-state index is 11.7. The zero-order valence-electron chi connectivity index (χ0n) is 15.9. The predicted octanol–water partition coefficient (Wildman–Crippen LogP) is 4.80. The van der Waals surface area contributed by atoms with Crippen LogP contribution >= 0.6 is 0 Å². The molecule has 0 aliphatic rings. The fourth-order valence-corrected chi connectivity index (χ4v) is 103. The zero-order chi connectivity index (χ0) is 17.3. The van der Waals surface area contributed by atoms with Gasteiger partial charge in [0.05, 0.1) is 6.61 Å². The summed E-state index contributed by atoms with van der Waals surface area (Å²) in [5.41, 5.74) is 0.510. The quantitative estimate of drug-likeness (QED) is 0.370. The van der Waals surface area contributed by atoms with Gasteiger partial charge < -0.3 is 4.74 Å². The van der Waals surface area contributed by atoms with Crippen LogP contribution in [-0.4, -0.2) is 42.0 Å². The molecule has 6 heteroatoms. The Balaban J connectivity index is 5.54. The second-order valence-electron chi connectivity index (χ2n) is 9.32. The van der Waals surface area contributed by atoms with Crippen LogP contribution in [0.3, 0.4) is 0 Å². The van der Waals surface area contributed by atoms with Crippen molar-refractivity contribution in [2.45, 2.75) is 71.9 Å². The molecule has 0 aromatic heterocycles. The molecule has 0 unspecified atom stereocenters. The van der Waals surface area contributed by atoms with Crippen LogP contribution in [0, 0.1) is 0 Å². The Kier molecular flexibility index (Phi) is 6.70. The van der Waals surface area contributed by atoms with Gasteiger partial charge in [-0.3, -0.25) is 0 Å². The van der Waals surface area contributed by atoms with Crippen molar-refractivity contribution in [3.8, 4) is 0 Å². The summed E-state index contributed by atoms with van der Waals surface area (Å²) in [6, 6.07) is 1.17. The first-order valence-electron chi connectivity index (χ1n) is 7.90. The minimum atomic E-state index is -1.39. The Morgan fingerprint density at radius 2 is 1.19 bits per heavy atom. The summed E-state index contributed by atoms with van der Waals surface area (Å²) in [6.07, 6.45) is 0. The van der Waals surface area contributed by atoms with Gasteiger partial charge >= 0.3 is 5.97 Å². The molecule has 21 heavy (non-hydrogen) atoms. The van der Waals surface area contributed by atoms with Crippen molar-refractivity contribution in [2.24, 2.45) is 0 Å². The highest BCUT2D eigenvalue weighted by atomic mass is 29.9. The Morgan fingerprint density at radius 3 is 1.43 bits per heavy atom. The summed E-state index contributed by atoms with van der Waals surface area (Å²) in [5.74, 6) is -0.223. The molecule has 0 fully saturated rings. The SMILES string of the molecule is C=C(C)C(=O)OCC[Si]([Si](C)(C)C)([Si](C)(C)C)[Si](C)(C)C. The molecule has 2 nitrogen and oxygen atoms in total. The molecule has 124 valence electrons. The second-order valence-corrected chi connectivity index (χ2v) is 50.8. The molecule has 0 saturated carbocycles. The van der Waals surface area contributed by atoms with Gasteiger partial charge in [0.1, 0.15) is 0 Å². The molecule has 0 saturated heterocycles. The first-order valence-corrected chi connectivity index (χ1v) is 23.6. The normalized spacial score (nSPS) is 14.0. The molecular weight excluding hydrogens is 325 g/mol. The van der Waals surface area contributed by atoms with Gasteiger partial charge in [0.25, 0.3) is 0 Å². The highest BCUT2D eigenvalue weighted by molar-refractivity contribution is 7.89. The minimum absolute atomic E-state index is 0.223. The van der Waals surface area contributed by atoms with Gasteiger partial charge in [0, 0.05) is 35.0 Å². The third-order valence-corrected chi connectivity index (χ3v) is 79.3. The number of carbonyl (C=O) groups excluding carboxylic acids is 1. The number of rotatable bonds is 7. The highest BCUT2D eigenvalue weighted by Crippen LogP contribution is 2.39. The first-order chi connectivity index (χ1) is 9.08. The number of esters is 1. The van der Waals surface area contributed by atoms with Gasteiger partial charge in [0.2, 0.25) is 0 Å². The second kappa shape index (κ2) is 6.68. The van der Waals surface area contributed by atoms with Crippen LogP contribution in [-0.2, 0) is 9.53 Å². The van der Waals surface area contributed by atoms with Gasteiger partial charge in [0.15, 0.2) is 0 Å². The molecule has 0 heterocycles. The molecule has 0 atom stereocenters. The monoisotopic (exact) mass is 360 g/mol. The van der Waals surface area contributed by atoms with Gasteiger partial charge in [-0.25, -0.2) is 4.79 Å². The molecule has 0 aromatic rings. The largest absolute Gasteiger partial charge is 0.463 e. The number of hydrogen-bond acceptors (Lipinski definition) is 2. The Hall–Kier alpha value is 0.0775.